The Bertz CT molecular complexity index is 1070. The number of rotatable bonds is 7. The van der Waals surface area contributed by atoms with E-state index >= 15 is 0 Å². The van der Waals surface area contributed by atoms with Crippen molar-refractivity contribution in [3.8, 4) is 0 Å². The fourth-order valence-electron chi connectivity index (χ4n) is 2.96. The summed E-state index contributed by atoms with van der Waals surface area (Å²) in [6, 6.07) is 11.4. The molecule has 29 heavy (non-hydrogen) atoms. The Labute approximate surface area is 169 Å². The van der Waals surface area contributed by atoms with Gasteiger partial charge in [0.05, 0.1) is 4.90 Å². The topological polar surface area (TPSA) is 104 Å². The third kappa shape index (κ3) is 4.83. The lowest BCUT2D eigenvalue weighted by Crippen LogP contribution is -2.26. The van der Waals surface area contributed by atoms with Crippen LogP contribution < -0.4 is 15.4 Å². The van der Waals surface area contributed by atoms with Crippen molar-refractivity contribution in [3.05, 3.63) is 53.6 Å². The van der Waals surface area contributed by atoms with Crippen LogP contribution in [0.4, 0.5) is 11.4 Å². The molecule has 2 aromatic rings. The van der Waals surface area contributed by atoms with Crippen LogP contribution in [0.2, 0.25) is 0 Å². The summed E-state index contributed by atoms with van der Waals surface area (Å²) in [4.78, 5) is 24.8. The third-order valence-electron chi connectivity index (χ3n) is 5.00. The van der Waals surface area contributed by atoms with Crippen LogP contribution in [0, 0.1) is 12.8 Å². The molecule has 3 N–H and O–H groups in total. The fraction of sp³-hybridized carbons (Fsp3) is 0.333. The molecular formula is C21H23N3O4S. The molecule has 2 aromatic carbocycles. The molecule has 0 aliphatic heterocycles. The molecule has 2 aliphatic carbocycles. The van der Waals surface area contributed by atoms with E-state index in [-0.39, 0.29) is 28.3 Å². The minimum Gasteiger partial charge on any atom is -0.326 e. The summed E-state index contributed by atoms with van der Waals surface area (Å²) in [5.41, 5.74) is 2.09. The monoisotopic (exact) mass is 413 g/mol. The van der Waals surface area contributed by atoms with Gasteiger partial charge in [0, 0.05) is 28.9 Å². The van der Waals surface area contributed by atoms with Crippen molar-refractivity contribution in [2.24, 2.45) is 5.92 Å². The van der Waals surface area contributed by atoms with Crippen molar-refractivity contribution in [2.75, 3.05) is 10.6 Å². The van der Waals surface area contributed by atoms with Crippen LogP contribution in [0.15, 0.2) is 47.4 Å². The maximum Gasteiger partial charge on any atom is 0.255 e. The van der Waals surface area contributed by atoms with Crippen LogP contribution in [0.25, 0.3) is 0 Å². The van der Waals surface area contributed by atoms with E-state index in [1.54, 1.807) is 37.3 Å². The summed E-state index contributed by atoms with van der Waals surface area (Å²) in [5, 5.41) is 5.63. The molecule has 0 bridgehead atoms. The largest absolute Gasteiger partial charge is 0.326 e. The van der Waals surface area contributed by atoms with Gasteiger partial charge in [0.15, 0.2) is 0 Å². The first-order valence-electron chi connectivity index (χ1n) is 9.67. The Balaban J connectivity index is 1.50. The summed E-state index contributed by atoms with van der Waals surface area (Å²) in [6.07, 6.45) is 3.50. The second-order valence-corrected chi connectivity index (χ2v) is 9.38. The number of anilines is 2. The number of carbonyl (C=O) groups excluding carboxylic acids is 2. The zero-order valence-electron chi connectivity index (χ0n) is 16.1. The van der Waals surface area contributed by atoms with Crippen LogP contribution in [0.5, 0.6) is 0 Å². The van der Waals surface area contributed by atoms with E-state index in [1.165, 1.54) is 12.1 Å². The van der Waals surface area contributed by atoms with Crippen LogP contribution in [0.3, 0.4) is 0 Å². The molecule has 0 radical (unpaired) electrons. The van der Waals surface area contributed by atoms with Crippen molar-refractivity contribution in [2.45, 2.75) is 43.5 Å². The first-order chi connectivity index (χ1) is 13.8. The summed E-state index contributed by atoms with van der Waals surface area (Å²) < 4.78 is 27.5. The Morgan fingerprint density at radius 1 is 0.931 bits per heavy atom. The van der Waals surface area contributed by atoms with Gasteiger partial charge in [-0.05, 0) is 68.5 Å². The van der Waals surface area contributed by atoms with Gasteiger partial charge in [-0.3, -0.25) is 9.59 Å². The summed E-state index contributed by atoms with van der Waals surface area (Å²) in [6.45, 7) is 1.76. The van der Waals surface area contributed by atoms with Crippen LogP contribution in [-0.2, 0) is 14.8 Å². The van der Waals surface area contributed by atoms with Gasteiger partial charge >= 0.3 is 0 Å². The van der Waals surface area contributed by atoms with E-state index in [0.29, 0.717) is 16.9 Å². The Hall–Kier alpha value is -2.71. The molecule has 2 fully saturated rings. The van der Waals surface area contributed by atoms with Gasteiger partial charge in [-0.2, -0.15) is 0 Å². The van der Waals surface area contributed by atoms with Gasteiger partial charge in [0.25, 0.3) is 5.91 Å². The number of nitrogens with one attached hydrogen (secondary N) is 3. The molecule has 2 saturated carbocycles. The summed E-state index contributed by atoms with van der Waals surface area (Å²) >= 11 is 0. The predicted octanol–water partition coefficient (Wildman–Crippen LogP) is 3.04. The van der Waals surface area contributed by atoms with E-state index in [1.807, 2.05) is 0 Å². The third-order valence-corrected chi connectivity index (χ3v) is 6.52. The number of hydrogen-bond donors (Lipinski definition) is 3. The zero-order chi connectivity index (χ0) is 20.6. The molecule has 8 heteroatoms. The normalized spacial score (nSPS) is 16.3. The van der Waals surface area contributed by atoms with Gasteiger partial charge in [0.2, 0.25) is 15.9 Å². The smallest absolute Gasteiger partial charge is 0.255 e. The first-order valence-corrected chi connectivity index (χ1v) is 11.2. The molecule has 0 spiro atoms. The van der Waals surface area contributed by atoms with Crippen molar-refractivity contribution in [1.82, 2.24) is 4.72 Å². The number of benzene rings is 2. The molecule has 7 nitrogen and oxygen atoms in total. The Morgan fingerprint density at radius 3 is 2.28 bits per heavy atom. The summed E-state index contributed by atoms with van der Waals surface area (Å²) in [7, 11) is -3.64. The molecular weight excluding hydrogens is 390 g/mol. The van der Waals surface area contributed by atoms with Gasteiger partial charge in [-0.15, -0.1) is 0 Å². The highest BCUT2D eigenvalue weighted by molar-refractivity contribution is 7.89. The number of hydrogen-bond acceptors (Lipinski definition) is 4. The van der Waals surface area contributed by atoms with Crippen LogP contribution >= 0.6 is 0 Å². The standard InChI is InChI=1S/C21H23N3O4S/c1-13-5-10-18(29(27,28)24-15-8-9-15)12-19(13)21(26)23-17-4-2-3-16(11-17)22-20(25)14-6-7-14/h2-5,10-12,14-15,24H,6-9H2,1H3,(H,22,25)(H,23,26). The number of amides is 2. The van der Waals surface area contributed by atoms with Gasteiger partial charge in [-0.1, -0.05) is 12.1 Å². The quantitative estimate of drug-likeness (QED) is 0.649. The Morgan fingerprint density at radius 2 is 1.62 bits per heavy atom. The fourth-order valence-corrected chi connectivity index (χ4v) is 4.30. The molecule has 0 atom stereocenters. The molecule has 0 unspecified atom stereocenters. The minimum absolute atomic E-state index is 0.00725. The molecule has 2 amide bonds. The molecule has 2 aliphatic rings. The maximum absolute atomic E-state index is 12.8. The van der Waals surface area contributed by atoms with E-state index in [9.17, 15) is 18.0 Å². The lowest BCUT2D eigenvalue weighted by atomic mass is 10.1. The van der Waals surface area contributed by atoms with Crippen molar-refractivity contribution >= 4 is 33.2 Å². The van der Waals surface area contributed by atoms with Crippen molar-refractivity contribution < 1.29 is 18.0 Å². The predicted molar refractivity (Wildman–Crippen MR) is 110 cm³/mol. The van der Waals surface area contributed by atoms with Gasteiger partial charge in [0.1, 0.15) is 0 Å². The lowest BCUT2D eigenvalue weighted by Gasteiger charge is -2.12. The highest BCUT2D eigenvalue weighted by Crippen LogP contribution is 2.30. The van der Waals surface area contributed by atoms with Crippen molar-refractivity contribution in [3.63, 3.8) is 0 Å². The molecule has 4 rings (SSSR count). The highest BCUT2D eigenvalue weighted by atomic mass is 32.2. The zero-order valence-corrected chi connectivity index (χ0v) is 16.9. The second-order valence-electron chi connectivity index (χ2n) is 7.67. The Kier molecular flexibility index (Phi) is 5.14. The number of sulfonamides is 1. The molecule has 0 heterocycles. The summed E-state index contributed by atoms with van der Waals surface area (Å²) in [5.74, 6) is -0.327. The molecule has 152 valence electrons. The van der Waals surface area contributed by atoms with E-state index in [2.05, 4.69) is 15.4 Å². The molecule has 0 aromatic heterocycles. The van der Waals surface area contributed by atoms with Gasteiger partial charge < -0.3 is 10.6 Å². The molecule has 0 saturated heterocycles. The lowest BCUT2D eigenvalue weighted by molar-refractivity contribution is -0.117. The number of aryl methyl sites for hydroxylation is 1. The van der Waals surface area contributed by atoms with Gasteiger partial charge in [-0.25, -0.2) is 13.1 Å². The SMILES string of the molecule is Cc1ccc(S(=O)(=O)NC2CC2)cc1C(=O)Nc1cccc(NC(=O)C2CC2)c1. The van der Waals surface area contributed by atoms with Crippen LogP contribution in [-0.4, -0.2) is 26.3 Å². The van der Waals surface area contributed by atoms with E-state index in [0.717, 1.165) is 25.7 Å². The highest BCUT2D eigenvalue weighted by Gasteiger charge is 2.30. The maximum atomic E-state index is 12.8. The second kappa shape index (κ2) is 7.61. The van der Waals surface area contributed by atoms with Crippen molar-refractivity contribution in [1.29, 1.82) is 0 Å². The number of carbonyl (C=O) groups is 2. The van der Waals surface area contributed by atoms with Crippen LogP contribution in [0.1, 0.15) is 41.6 Å². The minimum atomic E-state index is -3.64. The van der Waals surface area contributed by atoms with E-state index in [4.69, 9.17) is 0 Å². The average molecular weight is 413 g/mol. The average Bonchev–Trinajstić information content (AvgIpc) is 3.56. The first kappa shape index (κ1) is 19.6. The van der Waals surface area contributed by atoms with E-state index < -0.39 is 15.9 Å².